The van der Waals surface area contributed by atoms with Crippen LogP contribution in [0.2, 0.25) is 5.15 Å². The van der Waals surface area contributed by atoms with E-state index < -0.39 is 0 Å². The van der Waals surface area contributed by atoms with Crippen molar-refractivity contribution in [2.24, 2.45) is 0 Å². The summed E-state index contributed by atoms with van der Waals surface area (Å²) >= 11 is 5.65. The van der Waals surface area contributed by atoms with E-state index in [1.807, 2.05) is 0 Å². The fraction of sp³-hybridized carbons (Fsp3) is 0.250. The summed E-state index contributed by atoms with van der Waals surface area (Å²) in [7, 11) is 0. The van der Waals surface area contributed by atoms with Crippen LogP contribution in [-0.4, -0.2) is 16.6 Å². The van der Waals surface area contributed by atoms with Crippen LogP contribution in [0.15, 0.2) is 6.07 Å². The third-order valence-corrected chi connectivity index (χ3v) is 1.28. The van der Waals surface area contributed by atoms with Crippen molar-refractivity contribution in [1.82, 2.24) is 9.97 Å². The standard InChI is InChI=1S/C8H7ClN2O/c1-3-4-12-8-5-7(9)10-6(2)11-8/h1,5H,4H2,2H3. The van der Waals surface area contributed by atoms with Gasteiger partial charge in [-0.3, -0.25) is 0 Å². The van der Waals surface area contributed by atoms with E-state index in [9.17, 15) is 0 Å². The number of hydrogen-bond donors (Lipinski definition) is 0. The van der Waals surface area contributed by atoms with Crippen molar-refractivity contribution in [2.45, 2.75) is 6.92 Å². The Hall–Kier alpha value is -1.27. The Kier molecular flexibility index (Phi) is 2.89. The number of nitrogens with zero attached hydrogens (tertiary/aromatic N) is 2. The van der Waals surface area contributed by atoms with E-state index in [4.69, 9.17) is 22.8 Å². The van der Waals surface area contributed by atoms with Crippen molar-refractivity contribution >= 4 is 11.6 Å². The van der Waals surface area contributed by atoms with Gasteiger partial charge in [0.1, 0.15) is 11.0 Å². The van der Waals surface area contributed by atoms with Crippen molar-refractivity contribution < 1.29 is 4.74 Å². The minimum atomic E-state index is 0.187. The molecular formula is C8H7ClN2O. The number of aryl methyl sites for hydroxylation is 1. The molecule has 0 aliphatic rings. The fourth-order valence-corrected chi connectivity index (χ4v) is 0.911. The normalized spacial score (nSPS) is 9.08. The summed E-state index contributed by atoms with van der Waals surface area (Å²) < 4.78 is 5.05. The Bertz CT molecular complexity index is 299. The van der Waals surface area contributed by atoms with Gasteiger partial charge in [0.2, 0.25) is 5.88 Å². The van der Waals surface area contributed by atoms with Crippen molar-refractivity contribution in [1.29, 1.82) is 0 Å². The third-order valence-electron chi connectivity index (χ3n) is 1.09. The summed E-state index contributed by atoms with van der Waals surface area (Å²) in [6, 6.07) is 1.52. The van der Waals surface area contributed by atoms with Crippen LogP contribution in [0.1, 0.15) is 5.82 Å². The first-order valence-corrected chi connectivity index (χ1v) is 3.67. The van der Waals surface area contributed by atoms with E-state index in [0.29, 0.717) is 16.9 Å². The summed E-state index contributed by atoms with van der Waals surface area (Å²) in [5.74, 6) is 3.30. The Labute approximate surface area is 75.7 Å². The van der Waals surface area contributed by atoms with Crippen LogP contribution in [0.4, 0.5) is 0 Å². The zero-order valence-corrected chi connectivity index (χ0v) is 7.30. The Balaban J connectivity index is 2.80. The summed E-state index contributed by atoms with van der Waals surface area (Å²) in [5.41, 5.74) is 0. The highest BCUT2D eigenvalue weighted by molar-refractivity contribution is 6.29. The van der Waals surface area contributed by atoms with E-state index in [1.54, 1.807) is 6.92 Å². The van der Waals surface area contributed by atoms with Crippen molar-refractivity contribution in [3.8, 4) is 18.2 Å². The van der Waals surface area contributed by atoms with E-state index in [0.717, 1.165) is 0 Å². The molecule has 1 aromatic heterocycles. The number of ether oxygens (including phenoxy) is 1. The lowest BCUT2D eigenvalue weighted by molar-refractivity contribution is 0.354. The van der Waals surface area contributed by atoms with Crippen LogP contribution in [-0.2, 0) is 0 Å². The lowest BCUT2D eigenvalue weighted by Gasteiger charge is -2.01. The summed E-state index contributed by atoms with van der Waals surface area (Å²) in [6.07, 6.45) is 5.00. The van der Waals surface area contributed by atoms with Crippen LogP contribution in [0, 0.1) is 19.3 Å². The predicted octanol–water partition coefficient (Wildman–Crippen LogP) is 1.45. The van der Waals surface area contributed by atoms with Crippen molar-refractivity contribution in [3.63, 3.8) is 0 Å². The maximum atomic E-state index is 5.65. The van der Waals surface area contributed by atoms with E-state index in [2.05, 4.69) is 15.9 Å². The van der Waals surface area contributed by atoms with E-state index in [1.165, 1.54) is 6.07 Å². The molecule has 0 bridgehead atoms. The maximum absolute atomic E-state index is 5.65. The molecule has 1 rings (SSSR count). The number of hydrogen-bond acceptors (Lipinski definition) is 3. The van der Waals surface area contributed by atoms with Crippen LogP contribution in [0.3, 0.4) is 0 Å². The second-order valence-electron chi connectivity index (χ2n) is 2.07. The van der Waals surface area contributed by atoms with Gasteiger partial charge in [-0.05, 0) is 6.92 Å². The van der Waals surface area contributed by atoms with Gasteiger partial charge in [-0.2, -0.15) is 4.98 Å². The zero-order valence-electron chi connectivity index (χ0n) is 6.54. The van der Waals surface area contributed by atoms with Gasteiger partial charge in [-0.15, -0.1) is 6.42 Å². The van der Waals surface area contributed by atoms with Crippen LogP contribution >= 0.6 is 11.6 Å². The molecule has 4 heteroatoms. The van der Waals surface area contributed by atoms with E-state index in [-0.39, 0.29) is 6.61 Å². The average molecular weight is 183 g/mol. The molecule has 0 unspecified atom stereocenters. The van der Waals surface area contributed by atoms with Gasteiger partial charge in [0.25, 0.3) is 0 Å². The quantitative estimate of drug-likeness (QED) is 0.513. The second-order valence-corrected chi connectivity index (χ2v) is 2.46. The van der Waals surface area contributed by atoms with Gasteiger partial charge in [0.15, 0.2) is 6.61 Å². The largest absolute Gasteiger partial charge is 0.464 e. The molecule has 0 aliphatic heterocycles. The molecule has 62 valence electrons. The SMILES string of the molecule is C#CCOc1cc(Cl)nc(C)n1. The highest BCUT2D eigenvalue weighted by Crippen LogP contribution is 2.12. The highest BCUT2D eigenvalue weighted by Gasteiger charge is 1.98. The second kappa shape index (κ2) is 3.93. The van der Waals surface area contributed by atoms with Gasteiger partial charge in [-0.25, -0.2) is 4.98 Å². The van der Waals surface area contributed by atoms with Gasteiger partial charge >= 0.3 is 0 Å². The van der Waals surface area contributed by atoms with Gasteiger partial charge in [-0.1, -0.05) is 17.5 Å². The Morgan fingerprint density at radius 3 is 3.00 bits per heavy atom. The molecule has 0 atom stereocenters. The molecule has 1 heterocycles. The van der Waals surface area contributed by atoms with Gasteiger partial charge < -0.3 is 4.74 Å². The molecule has 0 radical (unpaired) electrons. The smallest absolute Gasteiger partial charge is 0.219 e. The number of terminal acetylenes is 1. The monoisotopic (exact) mass is 182 g/mol. The molecule has 0 fully saturated rings. The molecular weight excluding hydrogens is 176 g/mol. The van der Waals surface area contributed by atoms with Gasteiger partial charge in [0, 0.05) is 6.07 Å². The Morgan fingerprint density at radius 1 is 1.67 bits per heavy atom. The molecule has 0 saturated carbocycles. The molecule has 0 N–H and O–H groups in total. The lowest BCUT2D eigenvalue weighted by Crippen LogP contribution is -1.98. The van der Waals surface area contributed by atoms with Crippen molar-refractivity contribution in [3.05, 3.63) is 17.0 Å². The molecule has 0 saturated heterocycles. The molecule has 1 aromatic rings. The highest BCUT2D eigenvalue weighted by atomic mass is 35.5. The third kappa shape index (κ3) is 2.40. The lowest BCUT2D eigenvalue weighted by atomic mass is 10.6. The fourth-order valence-electron chi connectivity index (χ4n) is 0.695. The first-order valence-electron chi connectivity index (χ1n) is 3.30. The number of rotatable bonds is 2. The molecule has 0 aliphatic carbocycles. The number of halogens is 1. The molecule has 3 nitrogen and oxygen atoms in total. The minimum absolute atomic E-state index is 0.187. The van der Waals surface area contributed by atoms with Crippen molar-refractivity contribution in [2.75, 3.05) is 6.61 Å². The van der Waals surface area contributed by atoms with Crippen LogP contribution in [0.5, 0.6) is 5.88 Å². The van der Waals surface area contributed by atoms with Gasteiger partial charge in [0.05, 0.1) is 0 Å². The van der Waals surface area contributed by atoms with Crippen LogP contribution in [0.25, 0.3) is 0 Å². The summed E-state index contributed by atoms with van der Waals surface area (Å²) in [4.78, 5) is 7.82. The minimum Gasteiger partial charge on any atom is -0.464 e. The average Bonchev–Trinajstić information content (AvgIpc) is 1.99. The first-order chi connectivity index (χ1) is 5.72. The summed E-state index contributed by atoms with van der Waals surface area (Å²) in [5, 5.41) is 0.356. The zero-order chi connectivity index (χ0) is 8.97. The van der Waals surface area contributed by atoms with E-state index >= 15 is 0 Å². The predicted molar refractivity (Wildman–Crippen MR) is 46.1 cm³/mol. The molecule has 0 amide bonds. The molecule has 0 aromatic carbocycles. The maximum Gasteiger partial charge on any atom is 0.219 e. The molecule has 0 spiro atoms. The Morgan fingerprint density at radius 2 is 2.42 bits per heavy atom. The number of aromatic nitrogens is 2. The van der Waals surface area contributed by atoms with Crippen LogP contribution < -0.4 is 4.74 Å². The first kappa shape index (κ1) is 8.82. The molecule has 12 heavy (non-hydrogen) atoms. The summed E-state index contributed by atoms with van der Waals surface area (Å²) in [6.45, 7) is 1.92. The topological polar surface area (TPSA) is 35.0 Å².